The first-order valence-corrected chi connectivity index (χ1v) is 8.59. The van der Waals surface area contributed by atoms with Gasteiger partial charge in [0, 0.05) is 19.6 Å². The van der Waals surface area contributed by atoms with Crippen LogP contribution in [0.15, 0.2) is 29.2 Å². The van der Waals surface area contributed by atoms with E-state index in [0.717, 1.165) is 5.56 Å². The number of urea groups is 1. The average Bonchev–Trinajstić information content (AvgIpc) is 2.47. The van der Waals surface area contributed by atoms with Gasteiger partial charge in [-0.1, -0.05) is 17.7 Å². The molecule has 9 heteroatoms. The smallest absolute Gasteiger partial charge is 0.314 e. The molecular weight excluding hydrogens is 322 g/mol. The zero-order chi connectivity index (χ0) is 17.3. The van der Waals surface area contributed by atoms with E-state index in [4.69, 9.17) is 5.11 Å². The summed E-state index contributed by atoms with van der Waals surface area (Å²) < 4.78 is 26.4. The van der Waals surface area contributed by atoms with Gasteiger partial charge in [-0.05, 0) is 25.5 Å². The molecule has 0 saturated carbocycles. The minimum Gasteiger partial charge on any atom is -0.481 e. The van der Waals surface area contributed by atoms with Gasteiger partial charge in [0.15, 0.2) is 0 Å². The summed E-state index contributed by atoms with van der Waals surface area (Å²) in [6.07, 6.45) is 0.265. The number of aliphatic carboxylic acids is 1. The molecule has 0 aliphatic rings. The van der Waals surface area contributed by atoms with E-state index in [2.05, 4.69) is 15.4 Å². The van der Waals surface area contributed by atoms with Crippen LogP contribution in [-0.2, 0) is 14.8 Å². The van der Waals surface area contributed by atoms with Gasteiger partial charge >= 0.3 is 12.0 Å². The van der Waals surface area contributed by atoms with E-state index in [0.29, 0.717) is 6.42 Å². The highest BCUT2D eigenvalue weighted by molar-refractivity contribution is 7.89. The van der Waals surface area contributed by atoms with Gasteiger partial charge in [-0.15, -0.1) is 0 Å². The number of carboxylic acids is 1. The molecule has 0 saturated heterocycles. The molecule has 8 nitrogen and oxygen atoms in total. The van der Waals surface area contributed by atoms with Crippen LogP contribution < -0.4 is 15.4 Å². The van der Waals surface area contributed by atoms with Crippen molar-refractivity contribution in [3.8, 4) is 0 Å². The Hall–Kier alpha value is -2.13. The molecule has 0 aromatic heterocycles. The van der Waals surface area contributed by atoms with Crippen molar-refractivity contribution in [2.24, 2.45) is 0 Å². The second-order valence-electron chi connectivity index (χ2n) is 4.89. The van der Waals surface area contributed by atoms with Gasteiger partial charge in [0.25, 0.3) is 0 Å². The summed E-state index contributed by atoms with van der Waals surface area (Å²) >= 11 is 0. The predicted octanol–water partition coefficient (Wildman–Crippen LogP) is 0.437. The third-order valence-electron chi connectivity index (χ3n) is 2.89. The first kappa shape index (κ1) is 18.9. The fraction of sp³-hybridized carbons (Fsp3) is 0.429. The van der Waals surface area contributed by atoms with Crippen LogP contribution >= 0.6 is 0 Å². The lowest BCUT2D eigenvalue weighted by Crippen LogP contribution is -2.38. The van der Waals surface area contributed by atoms with E-state index in [1.165, 1.54) is 12.1 Å². The summed E-state index contributed by atoms with van der Waals surface area (Å²) in [7, 11) is -3.55. The van der Waals surface area contributed by atoms with Gasteiger partial charge in [0.1, 0.15) is 0 Å². The average molecular weight is 343 g/mol. The number of carboxylic acid groups (broad SMARTS) is 1. The molecule has 0 radical (unpaired) electrons. The second-order valence-corrected chi connectivity index (χ2v) is 6.66. The third kappa shape index (κ3) is 7.61. The molecule has 23 heavy (non-hydrogen) atoms. The zero-order valence-corrected chi connectivity index (χ0v) is 13.6. The highest BCUT2D eigenvalue weighted by atomic mass is 32.2. The number of nitrogens with one attached hydrogen (secondary N) is 3. The van der Waals surface area contributed by atoms with Crippen molar-refractivity contribution >= 4 is 22.0 Å². The quantitative estimate of drug-likeness (QED) is 0.484. The molecule has 1 aromatic rings. The Balaban J connectivity index is 2.22. The molecular formula is C14H21N3O5S. The number of hydrogen-bond donors (Lipinski definition) is 4. The van der Waals surface area contributed by atoms with Gasteiger partial charge in [-0.3, -0.25) is 4.79 Å². The number of benzene rings is 1. The van der Waals surface area contributed by atoms with E-state index in [-0.39, 0.29) is 31.0 Å². The third-order valence-corrected chi connectivity index (χ3v) is 4.36. The van der Waals surface area contributed by atoms with Crippen LogP contribution in [0.4, 0.5) is 4.79 Å². The highest BCUT2D eigenvalue weighted by Gasteiger charge is 2.12. The lowest BCUT2D eigenvalue weighted by Gasteiger charge is -2.08. The van der Waals surface area contributed by atoms with Crippen molar-refractivity contribution in [1.82, 2.24) is 15.4 Å². The molecule has 0 bridgehead atoms. The Morgan fingerprint density at radius 3 is 2.26 bits per heavy atom. The summed E-state index contributed by atoms with van der Waals surface area (Å²) in [6.45, 7) is 2.37. The van der Waals surface area contributed by atoms with E-state index >= 15 is 0 Å². The number of carbonyl (C=O) groups is 2. The minimum absolute atomic E-state index is 0.0429. The number of carbonyl (C=O) groups excluding carboxylic acids is 1. The second kappa shape index (κ2) is 9.11. The van der Waals surface area contributed by atoms with Gasteiger partial charge < -0.3 is 15.7 Å². The lowest BCUT2D eigenvalue weighted by molar-refractivity contribution is -0.136. The molecule has 0 fully saturated rings. The molecule has 0 aliphatic carbocycles. The zero-order valence-electron chi connectivity index (χ0n) is 12.8. The summed E-state index contributed by atoms with van der Waals surface area (Å²) in [5, 5.41) is 13.3. The van der Waals surface area contributed by atoms with Gasteiger partial charge in [0.05, 0.1) is 11.3 Å². The summed E-state index contributed by atoms with van der Waals surface area (Å²) in [6, 6.07) is 6.03. The lowest BCUT2D eigenvalue weighted by atomic mass is 10.2. The van der Waals surface area contributed by atoms with Crippen molar-refractivity contribution < 1.29 is 23.1 Å². The Kier molecular flexibility index (Phi) is 7.49. The number of hydrogen-bond acceptors (Lipinski definition) is 4. The van der Waals surface area contributed by atoms with Crippen molar-refractivity contribution in [3.63, 3.8) is 0 Å². The van der Waals surface area contributed by atoms with Crippen molar-refractivity contribution in [1.29, 1.82) is 0 Å². The summed E-state index contributed by atoms with van der Waals surface area (Å²) in [4.78, 5) is 21.8. The van der Waals surface area contributed by atoms with Crippen LogP contribution in [0.3, 0.4) is 0 Å². The maximum absolute atomic E-state index is 12.0. The Morgan fingerprint density at radius 2 is 1.65 bits per heavy atom. The van der Waals surface area contributed by atoms with Gasteiger partial charge in [0.2, 0.25) is 10.0 Å². The molecule has 1 aromatic carbocycles. The monoisotopic (exact) mass is 343 g/mol. The minimum atomic E-state index is -3.55. The van der Waals surface area contributed by atoms with E-state index < -0.39 is 22.0 Å². The van der Waals surface area contributed by atoms with Crippen LogP contribution in [0, 0.1) is 6.92 Å². The molecule has 0 unspecified atom stereocenters. The van der Waals surface area contributed by atoms with Crippen molar-refractivity contribution in [3.05, 3.63) is 29.8 Å². The number of amides is 2. The Morgan fingerprint density at radius 1 is 1.04 bits per heavy atom. The Bertz CT molecular complexity index is 628. The molecule has 0 spiro atoms. The molecule has 0 heterocycles. The van der Waals surface area contributed by atoms with E-state index in [1.54, 1.807) is 12.1 Å². The van der Waals surface area contributed by atoms with Crippen LogP contribution in [-0.4, -0.2) is 45.2 Å². The topological polar surface area (TPSA) is 125 Å². The Labute approximate surface area is 135 Å². The van der Waals surface area contributed by atoms with E-state index in [9.17, 15) is 18.0 Å². The standard InChI is InChI=1S/C14H21N3O5S/c1-11-3-5-12(6-4-11)23(21,22)17-9-2-8-15-14(20)16-10-7-13(18)19/h3-6,17H,2,7-10H2,1H3,(H,18,19)(H2,15,16,20). The fourth-order valence-corrected chi connectivity index (χ4v) is 2.72. The van der Waals surface area contributed by atoms with Crippen LogP contribution in [0.2, 0.25) is 0 Å². The normalized spacial score (nSPS) is 11.0. The molecule has 1 rings (SSSR count). The SMILES string of the molecule is Cc1ccc(S(=O)(=O)NCCCNC(=O)NCCC(=O)O)cc1. The molecule has 128 valence electrons. The largest absolute Gasteiger partial charge is 0.481 e. The summed E-state index contributed by atoms with van der Waals surface area (Å²) in [5.41, 5.74) is 0.974. The summed E-state index contributed by atoms with van der Waals surface area (Å²) in [5.74, 6) is -0.990. The first-order chi connectivity index (χ1) is 10.8. The number of rotatable bonds is 9. The van der Waals surface area contributed by atoms with Crippen LogP contribution in [0.25, 0.3) is 0 Å². The first-order valence-electron chi connectivity index (χ1n) is 7.11. The fourth-order valence-electron chi connectivity index (χ4n) is 1.64. The van der Waals surface area contributed by atoms with Crippen LogP contribution in [0.5, 0.6) is 0 Å². The maximum atomic E-state index is 12.0. The van der Waals surface area contributed by atoms with Crippen molar-refractivity contribution in [2.45, 2.75) is 24.7 Å². The number of aryl methyl sites for hydroxylation is 1. The van der Waals surface area contributed by atoms with E-state index in [1.807, 2.05) is 6.92 Å². The molecule has 0 aliphatic heterocycles. The molecule has 4 N–H and O–H groups in total. The molecule has 2 amide bonds. The maximum Gasteiger partial charge on any atom is 0.314 e. The molecule has 0 atom stereocenters. The van der Waals surface area contributed by atoms with Gasteiger partial charge in [-0.2, -0.15) is 0 Å². The van der Waals surface area contributed by atoms with Crippen molar-refractivity contribution in [2.75, 3.05) is 19.6 Å². The highest BCUT2D eigenvalue weighted by Crippen LogP contribution is 2.09. The van der Waals surface area contributed by atoms with Gasteiger partial charge in [-0.25, -0.2) is 17.9 Å². The van der Waals surface area contributed by atoms with Crippen LogP contribution in [0.1, 0.15) is 18.4 Å². The number of sulfonamides is 1. The predicted molar refractivity (Wildman–Crippen MR) is 84.6 cm³/mol.